The summed E-state index contributed by atoms with van der Waals surface area (Å²) in [4.78, 5) is 13.6. The molecule has 6 nitrogen and oxygen atoms in total. The molecule has 128 valence electrons. The smallest absolute Gasteiger partial charge is 0.272 e. The predicted octanol–water partition coefficient (Wildman–Crippen LogP) is 2.35. The van der Waals surface area contributed by atoms with Crippen LogP contribution in [0.2, 0.25) is 5.02 Å². The number of aryl methyl sites for hydroxylation is 2. The van der Waals surface area contributed by atoms with Crippen LogP contribution in [0, 0.1) is 13.8 Å². The lowest BCUT2D eigenvalue weighted by Crippen LogP contribution is -2.43. The van der Waals surface area contributed by atoms with Gasteiger partial charge in [-0.15, -0.1) is 4.83 Å². The van der Waals surface area contributed by atoms with E-state index in [0.717, 1.165) is 11.1 Å². The minimum Gasteiger partial charge on any atom is -0.484 e. The lowest BCUT2D eigenvalue weighted by molar-refractivity contribution is -0.123. The summed E-state index contributed by atoms with van der Waals surface area (Å²) in [6.07, 6.45) is 0. The van der Waals surface area contributed by atoms with E-state index in [4.69, 9.17) is 16.3 Å². The number of nitrogens with one attached hydrogen (secondary N) is 2. The Morgan fingerprint density at radius 3 is 2.50 bits per heavy atom. The number of hydrogen-bond acceptors (Lipinski definition) is 4. The molecule has 0 saturated heterocycles. The molecule has 0 aromatic heterocycles. The van der Waals surface area contributed by atoms with Gasteiger partial charge >= 0.3 is 0 Å². The van der Waals surface area contributed by atoms with Crippen LogP contribution in [0.4, 0.5) is 0 Å². The van der Waals surface area contributed by atoms with Gasteiger partial charge in [0.25, 0.3) is 15.9 Å². The highest BCUT2D eigenvalue weighted by Crippen LogP contribution is 2.19. The number of carbonyl (C=O) groups is 1. The summed E-state index contributed by atoms with van der Waals surface area (Å²) in [6, 6.07) is 11.3. The summed E-state index contributed by atoms with van der Waals surface area (Å²) in [5.41, 5.74) is 4.23. The van der Waals surface area contributed by atoms with Gasteiger partial charge in [-0.3, -0.25) is 10.2 Å². The number of amides is 1. The Labute approximate surface area is 145 Å². The lowest BCUT2D eigenvalue weighted by atomic mass is 10.1. The van der Waals surface area contributed by atoms with E-state index in [0.29, 0.717) is 5.75 Å². The number of hydrogen-bond donors (Lipinski definition) is 2. The van der Waals surface area contributed by atoms with Crippen molar-refractivity contribution in [3.8, 4) is 5.75 Å². The zero-order chi connectivity index (χ0) is 17.7. The molecule has 2 N–H and O–H groups in total. The highest BCUT2D eigenvalue weighted by atomic mass is 35.5. The largest absolute Gasteiger partial charge is 0.484 e. The zero-order valence-electron chi connectivity index (χ0n) is 13.2. The van der Waals surface area contributed by atoms with Gasteiger partial charge in [0.15, 0.2) is 6.61 Å². The number of rotatable bonds is 6. The van der Waals surface area contributed by atoms with E-state index >= 15 is 0 Å². The number of hydrazine groups is 1. The minimum atomic E-state index is -3.95. The summed E-state index contributed by atoms with van der Waals surface area (Å²) >= 11 is 5.84. The molecule has 24 heavy (non-hydrogen) atoms. The molecular formula is C16H17ClN2O4S. The summed E-state index contributed by atoms with van der Waals surface area (Å²) in [6.45, 7) is 3.57. The maximum atomic E-state index is 12.1. The molecular weight excluding hydrogens is 352 g/mol. The fourth-order valence-corrected chi connectivity index (χ4v) is 3.21. The molecule has 0 bridgehead atoms. The third kappa shape index (κ3) is 4.70. The Balaban J connectivity index is 1.91. The zero-order valence-corrected chi connectivity index (χ0v) is 14.7. The van der Waals surface area contributed by atoms with Crippen molar-refractivity contribution in [2.24, 2.45) is 0 Å². The molecule has 0 aliphatic carbocycles. The lowest BCUT2D eigenvalue weighted by Gasteiger charge is -2.11. The first-order chi connectivity index (χ1) is 11.3. The van der Waals surface area contributed by atoms with Crippen LogP contribution in [0.1, 0.15) is 11.1 Å². The Morgan fingerprint density at radius 1 is 1.12 bits per heavy atom. The summed E-state index contributed by atoms with van der Waals surface area (Å²) in [7, 11) is -3.95. The first-order valence-corrected chi connectivity index (χ1v) is 8.91. The Bertz CT molecular complexity index is 853. The van der Waals surface area contributed by atoms with E-state index in [1.54, 1.807) is 18.2 Å². The number of sulfonamides is 1. The second-order valence-corrected chi connectivity index (χ2v) is 7.18. The summed E-state index contributed by atoms with van der Waals surface area (Å²) in [5.74, 6) is -0.105. The van der Waals surface area contributed by atoms with Crippen molar-refractivity contribution in [1.29, 1.82) is 0 Å². The predicted molar refractivity (Wildman–Crippen MR) is 91.3 cm³/mol. The second kappa shape index (κ2) is 7.65. The first-order valence-electron chi connectivity index (χ1n) is 7.05. The van der Waals surface area contributed by atoms with Crippen molar-refractivity contribution in [3.05, 3.63) is 58.6 Å². The quantitative estimate of drug-likeness (QED) is 0.766. The van der Waals surface area contributed by atoms with Crippen molar-refractivity contribution in [2.75, 3.05) is 6.61 Å². The minimum absolute atomic E-state index is 0.0608. The monoisotopic (exact) mass is 368 g/mol. The van der Waals surface area contributed by atoms with Gasteiger partial charge in [-0.1, -0.05) is 29.8 Å². The number of benzene rings is 2. The Morgan fingerprint density at radius 2 is 1.83 bits per heavy atom. The molecule has 0 aliphatic rings. The molecule has 0 saturated carbocycles. The standard InChI is InChI=1S/C16H17ClN2O4S/c1-11-7-8-13(9-12(11)2)23-10-16(20)18-19-24(21,22)15-6-4-3-5-14(15)17/h3-9,19H,10H2,1-2H3,(H,18,20). The van der Waals surface area contributed by atoms with Gasteiger partial charge in [0.1, 0.15) is 10.6 Å². The van der Waals surface area contributed by atoms with Crippen molar-refractivity contribution in [1.82, 2.24) is 10.3 Å². The molecule has 2 aromatic rings. The number of ether oxygens (including phenoxy) is 1. The third-order valence-electron chi connectivity index (χ3n) is 3.30. The normalized spacial score (nSPS) is 11.1. The van der Waals surface area contributed by atoms with E-state index < -0.39 is 15.9 Å². The summed E-state index contributed by atoms with van der Waals surface area (Å²) < 4.78 is 29.5. The van der Waals surface area contributed by atoms with Gasteiger partial charge < -0.3 is 4.74 Å². The van der Waals surface area contributed by atoms with E-state index in [9.17, 15) is 13.2 Å². The Kier molecular flexibility index (Phi) is 5.82. The molecule has 0 aliphatic heterocycles. The molecule has 1 amide bonds. The van der Waals surface area contributed by atoms with Crippen LogP contribution in [-0.2, 0) is 14.8 Å². The molecule has 0 unspecified atom stereocenters. The van der Waals surface area contributed by atoms with Crippen molar-refractivity contribution in [3.63, 3.8) is 0 Å². The average Bonchev–Trinajstić information content (AvgIpc) is 2.54. The van der Waals surface area contributed by atoms with Crippen LogP contribution in [0.3, 0.4) is 0 Å². The van der Waals surface area contributed by atoms with Crippen LogP contribution in [0.15, 0.2) is 47.4 Å². The van der Waals surface area contributed by atoms with Gasteiger partial charge in [0, 0.05) is 0 Å². The maximum Gasteiger partial charge on any atom is 0.272 e. The number of halogens is 1. The highest BCUT2D eigenvalue weighted by molar-refractivity contribution is 7.89. The SMILES string of the molecule is Cc1ccc(OCC(=O)NNS(=O)(=O)c2ccccc2Cl)cc1C. The molecule has 0 radical (unpaired) electrons. The van der Waals surface area contributed by atoms with E-state index in [2.05, 4.69) is 5.43 Å². The van der Waals surface area contributed by atoms with Crippen LogP contribution in [-0.4, -0.2) is 20.9 Å². The van der Waals surface area contributed by atoms with E-state index in [1.807, 2.05) is 24.7 Å². The van der Waals surface area contributed by atoms with Crippen LogP contribution in [0.25, 0.3) is 0 Å². The highest BCUT2D eigenvalue weighted by Gasteiger charge is 2.18. The second-order valence-electron chi connectivity index (χ2n) is 5.12. The Hall–Kier alpha value is -2.09. The molecule has 0 fully saturated rings. The molecule has 2 rings (SSSR count). The third-order valence-corrected chi connectivity index (χ3v) is 5.05. The molecule has 0 heterocycles. The van der Waals surface area contributed by atoms with E-state index in [-0.39, 0.29) is 16.5 Å². The van der Waals surface area contributed by atoms with Gasteiger partial charge in [0.05, 0.1) is 5.02 Å². The fraction of sp³-hybridized carbons (Fsp3) is 0.188. The van der Waals surface area contributed by atoms with Gasteiger partial charge in [0.2, 0.25) is 0 Å². The molecule has 0 spiro atoms. The van der Waals surface area contributed by atoms with Crippen LogP contribution in [0.5, 0.6) is 5.75 Å². The van der Waals surface area contributed by atoms with Crippen molar-refractivity contribution < 1.29 is 17.9 Å². The average molecular weight is 369 g/mol. The van der Waals surface area contributed by atoms with Crippen molar-refractivity contribution >= 4 is 27.5 Å². The van der Waals surface area contributed by atoms with Crippen LogP contribution >= 0.6 is 11.6 Å². The first kappa shape index (κ1) is 18.3. The fourth-order valence-electron chi connectivity index (χ4n) is 1.83. The molecule has 2 aromatic carbocycles. The topological polar surface area (TPSA) is 84.5 Å². The van der Waals surface area contributed by atoms with E-state index in [1.165, 1.54) is 18.2 Å². The van der Waals surface area contributed by atoms with Crippen LogP contribution < -0.4 is 15.0 Å². The molecule has 0 atom stereocenters. The van der Waals surface area contributed by atoms with Gasteiger partial charge in [-0.05, 0) is 49.2 Å². The van der Waals surface area contributed by atoms with Gasteiger partial charge in [-0.25, -0.2) is 8.42 Å². The summed E-state index contributed by atoms with van der Waals surface area (Å²) in [5, 5.41) is 0.0608. The molecule has 8 heteroatoms. The maximum absolute atomic E-state index is 12.1. The van der Waals surface area contributed by atoms with Crippen molar-refractivity contribution in [2.45, 2.75) is 18.7 Å². The van der Waals surface area contributed by atoms with Gasteiger partial charge in [-0.2, -0.15) is 0 Å². The number of carbonyl (C=O) groups excluding carboxylic acids is 1.